The molecule has 0 aliphatic carbocycles. The normalized spacial score (nSPS) is 22.6. The minimum Gasteiger partial charge on any atom is -0.395 e. The molecule has 0 spiro atoms. The van der Waals surface area contributed by atoms with E-state index in [0.29, 0.717) is 6.54 Å². The molecule has 1 saturated heterocycles. The third-order valence-electron chi connectivity index (χ3n) is 2.94. The maximum atomic E-state index is 8.96. The predicted octanol–water partition coefficient (Wildman–Crippen LogP) is 0.187. The number of hydrogen-bond acceptors (Lipinski definition) is 4. The lowest BCUT2D eigenvalue weighted by Gasteiger charge is -2.34. The van der Waals surface area contributed by atoms with Crippen molar-refractivity contribution in [1.82, 2.24) is 9.80 Å². The van der Waals surface area contributed by atoms with Crippen LogP contribution < -0.4 is 0 Å². The molecule has 0 aromatic heterocycles. The van der Waals surface area contributed by atoms with Gasteiger partial charge in [-0.15, -0.1) is 6.58 Å². The lowest BCUT2D eigenvalue weighted by Crippen LogP contribution is -2.47. The van der Waals surface area contributed by atoms with Crippen molar-refractivity contribution in [1.29, 1.82) is 0 Å². The molecule has 0 amide bonds. The molecule has 4 heteroatoms. The van der Waals surface area contributed by atoms with Gasteiger partial charge >= 0.3 is 0 Å². The molecule has 0 radical (unpaired) electrons. The first kappa shape index (κ1) is 13.6. The zero-order valence-electron chi connectivity index (χ0n) is 10.3. The molecule has 16 heavy (non-hydrogen) atoms. The molecule has 0 saturated carbocycles. The Bertz CT molecular complexity index is 199. The third-order valence-corrected chi connectivity index (χ3v) is 2.94. The summed E-state index contributed by atoms with van der Waals surface area (Å²) < 4.78 is 5.73. The summed E-state index contributed by atoms with van der Waals surface area (Å²) in [6.45, 7) is 12.4. The Morgan fingerprint density at radius 3 is 3.06 bits per heavy atom. The Balaban J connectivity index is 2.34. The molecule has 94 valence electrons. The molecule has 0 aromatic carbocycles. The van der Waals surface area contributed by atoms with Gasteiger partial charge in [-0.2, -0.15) is 0 Å². The Hall–Kier alpha value is -0.420. The fourth-order valence-electron chi connectivity index (χ4n) is 2.05. The van der Waals surface area contributed by atoms with Crippen LogP contribution in [0.5, 0.6) is 0 Å². The van der Waals surface area contributed by atoms with Crippen molar-refractivity contribution in [3.63, 3.8) is 0 Å². The highest BCUT2D eigenvalue weighted by Crippen LogP contribution is 2.06. The van der Waals surface area contributed by atoms with Gasteiger partial charge in [0.2, 0.25) is 0 Å². The average Bonchev–Trinajstić information content (AvgIpc) is 2.30. The van der Waals surface area contributed by atoms with E-state index >= 15 is 0 Å². The van der Waals surface area contributed by atoms with Gasteiger partial charge < -0.3 is 9.84 Å². The number of aliphatic hydroxyl groups is 1. The Kier molecular flexibility index (Phi) is 6.64. The van der Waals surface area contributed by atoms with Gasteiger partial charge in [0.05, 0.1) is 19.3 Å². The van der Waals surface area contributed by atoms with Crippen molar-refractivity contribution >= 4 is 0 Å². The first-order chi connectivity index (χ1) is 7.80. The Morgan fingerprint density at radius 2 is 2.44 bits per heavy atom. The minimum absolute atomic E-state index is 0.193. The summed E-state index contributed by atoms with van der Waals surface area (Å²) in [4.78, 5) is 4.58. The van der Waals surface area contributed by atoms with Gasteiger partial charge in [-0.05, 0) is 6.54 Å². The maximum absolute atomic E-state index is 8.96. The summed E-state index contributed by atoms with van der Waals surface area (Å²) in [6, 6.07) is 0. The van der Waals surface area contributed by atoms with Crippen LogP contribution in [0.2, 0.25) is 0 Å². The molecule has 1 heterocycles. The largest absolute Gasteiger partial charge is 0.395 e. The van der Waals surface area contributed by atoms with E-state index in [0.717, 1.165) is 39.3 Å². The fourth-order valence-corrected chi connectivity index (χ4v) is 2.05. The fraction of sp³-hybridized carbons (Fsp3) is 0.833. The van der Waals surface area contributed by atoms with Crippen LogP contribution in [-0.2, 0) is 4.74 Å². The van der Waals surface area contributed by atoms with Crippen molar-refractivity contribution in [3.8, 4) is 0 Å². The number of nitrogens with zero attached hydrogens (tertiary/aromatic N) is 2. The van der Waals surface area contributed by atoms with E-state index in [1.165, 1.54) is 0 Å². The van der Waals surface area contributed by atoms with Crippen LogP contribution in [0.1, 0.15) is 6.92 Å². The Labute approximate surface area is 98.5 Å². The van der Waals surface area contributed by atoms with Crippen LogP contribution in [0.3, 0.4) is 0 Å². The van der Waals surface area contributed by atoms with E-state index in [4.69, 9.17) is 9.84 Å². The van der Waals surface area contributed by atoms with Crippen molar-refractivity contribution in [2.75, 3.05) is 52.5 Å². The smallest absolute Gasteiger partial charge is 0.0829 e. The van der Waals surface area contributed by atoms with Gasteiger partial charge in [0.1, 0.15) is 0 Å². The van der Waals surface area contributed by atoms with Gasteiger partial charge in [0.15, 0.2) is 0 Å². The minimum atomic E-state index is 0.193. The van der Waals surface area contributed by atoms with Crippen LogP contribution in [0, 0.1) is 0 Å². The summed E-state index contributed by atoms with van der Waals surface area (Å²) in [5.41, 5.74) is 0. The molecule has 1 fully saturated rings. The van der Waals surface area contributed by atoms with Gasteiger partial charge in [-0.25, -0.2) is 0 Å². The van der Waals surface area contributed by atoms with E-state index in [-0.39, 0.29) is 12.7 Å². The van der Waals surface area contributed by atoms with Gasteiger partial charge in [-0.1, -0.05) is 13.0 Å². The quantitative estimate of drug-likeness (QED) is 0.631. The second kappa shape index (κ2) is 7.79. The molecule has 1 N–H and O–H groups in total. The third kappa shape index (κ3) is 4.61. The van der Waals surface area contributed by atoms with Crippen LogP contribution in [-0.4, -0.2) is 73.5 Å². The highest BCUT2D eigenvalue weighted by molar-refractivity contribution is 4.79. The number of hydrogen-bond donors (Lipinski definition) is 1. The molecular weight excluding hydrogens is 204 g/mol. The van der Waals surface area contributed by atoms with Crippen molar-refractivity contribution < 1.29 is 9.84 Å². The molecule has 4 nitrogen and oxygen atoms in total. The number of aliphatic hydroxyl groups excluding tert-OH is 1. The highest BCUT2D eigenvalue weighted by Gasteiger charge is 2.21. The SMILES string of the molecule is C=CCN(CCO)CC1CN(CC)CCO1. The first-order valence-corrected chi connectivity index (χ1v) is 6.08. The summed E-state index contributed by atoms with van der Waals surface area (Å²) in [6.07, 6.45) is 2.14. The van der Waals surface area contributed by atoms with Crippen molar-refractivity contribution in [2.45, 2.75) is 13.0 Å². The van der Waals surface area contributed by atoms with E-state index in [1.807, 2.05) is 6.08 Å². The second-order valence-electron chi connectivity index (χ2n) is 4.16. The zero-order chi connectivity index (χ0) is 11.8. The zero-order valence-corrected chi connectivity index (χ0v) is 10.3. The molecule has 1 atom stereocenters. The summed E-state index contributed by atoms with van der Waals surface area (Å²) in [5.74, 6) is 0. The molecular formula is C12H24N2O2. The van der Waals surface area contributed by atoms with Crippen LogP contribution in [0.25, 0.3) is 0 Å². The molecule has 0 bridgehead atoms. The lowest BCUT2D eigenvalue weighted by molar-refractivity contribution is -0.0417. The topological polar surface area (TPSA) is 35.9 Å². The summed E-state index contributed by atoms with van der Waals surface area (Å²) >= 11 is 0. The standard InChI is InChI=1S/C12H24N2O2/c1-3-5-14(6-8-15)11-12-10-13(4-2)7-9-16-12/h3,12,15H,1,4-11H2,2H3. The van der Waals surface area contributed by atoms with E-state index in [2.05, 4.69) is 23.3 Å². The van der Waals surface area contributed by atoms with Crippen LogP contribution >= 0.6 is 0 Å². The molecule has 1 rings (SSSR count). The molecule has 1 unspecified atom stereocenters. The van der Waals surface area contributed by atoms with Crippen LogP contribution in [0.15, 0.2) is 12.7 Å². The van der Waals surface area contributed by atoms with E-state index < -0.39 is 0 Å². The van der Waals surface area contributed by atoms with Gasteiger partial charge in [0.25, 0.3) is 0 Å². The average molecular weight is 228 g/mol. The number of rotatable bonds is 7. The number of ether oxygens (including phenoxy) is 1. The summed E-state index contributed by atoms with van der Waals surface area (Å²) in [7, 11) is 0. The second-order valence-corrected chi connectivity index (χ2v) is 4.16. The summed E-state index contributed by atoms with van der Waals surface area (Å²) in [5, 5.41) is 8.96. The van der Waals surface area contributed by atoms with Gasteiger partial charge in [-0.3, -0.25) is 9.80 Å². The number of morpholine rings is 1. The van der Waals surface area contributed by atoms with Gasteiger partial charge in [0, 0.05) is 32.7 Å². The highest BCUT2D eigenvalue weighted by atomic mass is 16.5. The first-order valence-electron chi connectivity index (χ1n) is 6.08. The Morgan fingerprint density at radius 1 is 1.62 bits per heavy atom. The monoisotopic (exact) mass is 228 g/mol. The van der Waals surface area contributed by atoms with Crippen molar-refractivity contribution in [2.24, 2.45) is 0 Å². The molecule has 0 aromatic rings. The van der Waals surface area contributed by atoms with Crippen LogP contribution in [0.4, 0.5) is 0 Å². The maximum Gasteiger partial charge on any atom is 0.0829 e. The lowest BCUT2D eigenvalue weighted by atomic mass is 10.2. The van der Waals surface area contributed by atoms with Crippen molar-refractivity contribution in [3.05, 3.63) is 12.7 Å². The van der Waals surface area contributed by atoms with E-state index in [1.54, 1.807) is 0 Å². The molecule has 1 aliphatic rings. The molecule has 1 aliphatic heterocycles. The predicted molar refractivity (Wildman–Crippen MR) is 65.6 cm³/mol. The number of likely N-dealkylation sites (N-methyl/N-ethyl adjacent to an activating group) is 1. The van der Waals surface area contributed by atoms with E-state index in [9.17, 15) is 0 Å².